The number of dihydropyridines is 1. The number of nitrogens with one attached hydrogen (secondary N) is 2. The van der Waals surface area contributed by atoms with Gasteiger partial charge in [0.05, 0.1) is 47.2 Å². The summed E-state index contributed by atoms with van der Waals surface area (Å²) in [6.45, 7) is 7.18. The van der Waals surface area contributed by atoms with Crippen LogP contribution in [0.25, 0.3) is 15.7 Å². The molecule has 132 valence electrons. The van der Waals surface area contributed by atoms with E-state index in [2.05, 4.69) is 15.0 Å². The van der Waals surface area contributed by atoms with Crippen LogP contribution in [0.1, 0.15) is 11.5 Å². The Balaban J connectivity index is 2.33. The molecule has 0 fully saturated rings. The standard InChI is InChI=1S/C16H8F5N5/c1-23-13-11(7-2-6-5-24-26-10(6)3-9(7)17)8(4-22)12(15(18)19)25-14(13)16(20)21/h2-3,5,11,15-16,25H,(H,24,26). The molecule has 5 nitrogen and oxygen atoms in total. The van der Waals surface area contributed by atoms with Gasteiger partial charge < -0.3 is 5.32 Å². The third-order valence-corrected chi connectivity index (χ3v) is 3.94. The van der Waals surface area contributed by atoms with Crippen LogP contribution in [0.15, 0.2) is 41.0 Å². The first kappa shape index (κ1) is 17.4. The Morgan fingerprint density at radius 3 is 2.46 bits per heavy atom. The monoisotopic (exact) mass is 365 g/mol. The summed E-state index contributed by atoms with van der Waals surface area (Å²) >= 11 is 0. The van der Waals surface area contributed by atoms with E-state index in [1.807, 2.05) is 0 Å². The van der Waals surface area contributed by atoms with E-state index in [1.165, 1.54) is 18.3 Å². The zero-order valence-electron chi connectivity index (χ0n) is 12.7. The van der Waals surface area contributed by atoms with E-state index in [0.717, 1.165) is 6.07 Å². The minimum absolute atomic E-state index is 0.291. The number of halogens is 5. The summed E-state index contributed by atoms with van der Waals surface area (Å²) in [6, 6.07) is 3.70. The molecule has 0 radical (unpaired) electrons. The minimum Gasteiger partial charge on any atom is -0.362 e. The molecule has 1 atom stereocenters. The molecule has 1 unspecified atom stereocenters. The van der Waals surface area contributed by atoms with Crippen LogP contribution in [0.2, 0.25) is 0 Å². The predicted octanol–water partition coefficient (Wildman–Crippen LogP) is 3.83. The molecule has 10 heteroatoms. The lowest BCUT2D eigenvalue weighted by Crippen LogP contribution is -2.32. The van der Waals surface area contributed by atoms with E-state index >= 15 is 0 Å². The second-order valence-corrected chi connectivity index (χ2v) is 5.34. The Kier molecular flexibility index (Phi) is 4.34. The van der Waals surface area contributed by atoms with E-state index in [-0.39, 0.29) is 5.56 Å². The van der Waals surface area contributed by atoms with Crippen molar-refractivity contribution in [1.82, 2.24) is 15.5 Å². The molecular weight excluding hydrogens is 357 g/mol. The van der Waals surface area contributed by atoms with Gasteiger partial charge in [0.15, 0.2) is 0 Å². The van der Waals surface area contributed by atoms with E-state index in [0.29, 0.717) is 10.9 Å². The van der Waals surface area contributed by atoms with Crippen molar-refractivity contribution in [2.45, 2.75) is 18.8 Å². The number of aromatic amines is 1. The smallest absolute Gasteiger partial charge is 0.279 e. The van der Waals surface area contributed by atoms with Crippen molar-refractivity contribution >= 4 is 10.9 Å². The number of fused-ring (bicyclic) bond motifs is 1. The highest BCUT2D eigenvalue weighted by molar-refractivity contribution is 5.79. The Morgan fingerprint density at radius 2 is 1.88 bits per heavy atom. The molecule has 1 aromatic heterocycles. The van der Waals surface area contributed by atoms with Crippen LogP contribution in [-0.2, 0) is 0 Å². The molecule has 0 bridgehead atoms. The van der Waals surface area contributed by atoms with E-state index in [9.17, 15) is 27.2 Å². The first-order valence-corrected chi connectivity index (χ1v) is 7.10. The van der Waals surface area contributed by atoms with Gasteiger partial charge in [-0.1, -0.05) is 0 Å². The van der Waals surface area contributed by atoms with Crippen LogP contribution >= 0.6 is 0 Å². The third kappa shape index (κ3) is 2.65. The van der Waals surface area contributed by atoms with Gasteiger partial charge in [0.25, 0.3) is 12.9 Å². The fourth-order valence-electron chi connectivity index (χ4n) is 2.82. The van der Waals surface area contributed by atoms with Crippen molar-refractivity contribution in [3.05, 3.63) is 63.8 Å². The van der Waals surface area contributed by atoms with Gasteiger partial charge in [-0.05, 0) is 17.7 Å². The summed E-state index contributed by atoms with van der Waals surface area (Å²) in [4.78, 5) is 2.98. The minimum atomic E-state index is -3.28. The Labute approximate surface area is 143 Å². The molecule has 2 aromatic rings. The van der Waals surface area contributed by atoms with E-state index in [4.69, 9.17) is 6.57 Å². The fraction of sp³-hybridized carbons (Fsp3) is 0.188. The van der Waals surface area contributed by atoms with Crippen LogP contribution in [0, 0.1) is 23.7 Å². The van der Waals surface area contributed by atoms with Crippen molar-refractivity contribution in [3.8, 4) is 6.07 Å². The average Bonchev–Trinajstić information content (AvgIpc) is 3.05. The van der Waals surface area contributed by atoms with Gasteiger partial charge in [-0.15, -0.1) is 0 Å². The van der Waals surface area contributed by atoms with Crippen LogP contribution in [0.3, 0.4) is 0 Å². The van der Waals surface area contributed by atoms with Crippen LogP contribution in [-0.4, -0.2) is 23.0 Å². The highest BCUT2D eigenvalue weighted by Crippen LogP contribution is 2.42. The predicted molar refractivity (Wildman–Crippen MR) is 80.2 cm³/mol. The molecule has 0 amide bonds. The normalized spacial score (nSPS) is 17.7. The SMILES string of the molecule is [C-]#[N+]C1=C(C(F)F)NC(C(F)F)=C(C#N)C1c1cc2cn[nH]c2cc1F. The number of benzene rings is 1. The van der Waals surface area contributed by atoms with Crippen molar-refractivity contribution in [2.75, 3.05) is 0 Å². The summed E-state index contributed by atoms with van der Waals surface area (Å²) in [5.41, 5.74) is -3.56. The molecule has 3 rings (SSSR count). The number of hydrogen-bond donors (Lipinski definition) is 2. The zero-order valence-corrected chi connectivity index (χ0v) is 12.7. The lowest BCUT2D eigenvalue weighted by atomic mass is 9.83. The summed E-state index contributed by atoms with van der Waals surface area (Å²) in [5.74, 6) is -2.61. The molecule has 0 aliphatic carbocycles. The maximum absolute atomic E-state index is 14.6. The molecule has 0 spiro atoms. The van der Waals surface area contributed by atoms with Gasteiger partial charge in [0.1, 0.15) is 5.82 Å². The second kappa shape index (κ2) is 6.48. The Morgan fingerprint density at radius 1 is 1.19 bits per heavy atom. The average molecular weight is 365 g/mol. The topological polar surface area (TPSA) is 68.9 Å². The van der Waals surface area contributed by atoms with Gasteiger partial charge in [0, 0.05) is 5.39 Å². The van der Waals surface area contributed by atoms with Crippen LogP contribution in [0.5, 0.6) is 0 Å². The van der Waals surface area contributed by atoms with Crippen LogP contribution < -0.4 is 5.32 Å². The molecular formula is C16H8F5N5. The van der Waals surface area contributed by atoms with E-state index < -0.39 is 47.3 Å². The number of rotatable bonds is 3. The van der Waals surface area contributed by atoms with Gasteiger partial charge in [-0.25, -0.2) is 26.8 Å². The number of nitrogens with zero attached hydrogens (tertiary/aromatic N) is 3. The highest BCUT2D eigenvalue weighted by Gasteiger charge is 2.39. The Bertz CT molecular complexity index is 980. The van der Waals surface area contributed by atoms with Crippen molar-refractivity contribution in [1.29, 1.82) is 5.26 Å². The first-order chi connectivity index (χ1) is 12.4. The van der Waals surface area contributed by atoms with Crippen LogP contribution in [0.4, 0.5) is 22.0 Å². The number of allylic oxidation sites excluding steroid dienone is 3. The molecule has 1 aliphatic heterocycles. The summed E-state index contributed by atoms with van der Waals surface area (Å²) in [6.07, 6.45) is -5.25. The number of alkyl halides is 4. The number of nitriles is 1. The van der Waals surface area contributed by atoms with Gasteiger partial charge in [-0.2, -0.15) is 10.4 Å². The maximum Gasteiger partial charge on any atom is 0.279 e. The molecule has 2 heterocycles. The van der Waals surface area contributed by atoms with Gasteiger partial charge in [0.2, 0.25) is 5.70 Å². The van der Waals surface area contributed by atoms with Crippen molar-refractivity contribution in [2.24, 2.45) is 0 Å². The molecule has 0 saturated carbocycles. The number of hydrogen-bond acceptors (Lipinski definition) is 3. The first-order valence-electron chi connectivity index (χ1n) is 7.10. The molecule has 2 N–H and O–H groups in total. The zero-order chi connectivity index (χ0) is 19.0. The molecule has 26 heavy (non-hydrogen) atoms. The summed E-state index contributed by atoms with van der Waals surface area (Å²) in [5, 5.41) is 17.7. The molecule has 0 saturated heterocycles. The van der Waals surface area contributed by atoms with Crippen molar-refractivity contribution in [3.63, 3.8) is 0 Å². The summed E-state index contributed by atoms with van der Waals surface area (Å²) in [7, 11) is 0. The summed E-state index contributed by atoms with van der Waals surface area (Å²) < 4.78 is 67.7. The highest BCUT2D eigenvalue weighted by atomic mass is 19.3. The Hall–Kier alpha value is -3.40. The molecule has 1 aliphatic rings. The number of aromatic nitrogens is 2. The molecule has 1 aromatic carbocycles. The third-order valence-electron chi connectivity index (χ3n) is 3.94. The second-order valence-electron chi connectivity index (χ2n) is 5.34. The quantitative estimate of drug-likeness (QED) is 0.642. The number of H-pyrrole nitrogens is 1. The van der Waals surface area contributed by atoms with Crippen molar-refractivity contribution < 1.29 is 22.0 Å². The lowest BCUT2D eigenvalue weighted by Gasteiger charge is -2.28. The van der Waals surface area contributed by atoms with Gasteiger partial charge >= 0.3 is 0 Å². The van der Waals surface area contributed by atoms with E-state index in [1.54, 1.807) is 5.32 Å². The fourth-order valence-corrected chi connectivity index (χ4v) is 2.82. The largest absolute Gasteiger partial charge is 0.362 e. The lowest BCUT2D eigenvalue weighted by molar-refractivity contribution is 0.159. The maximum atomic E-state index is 14.6. The van der Waals surface area contributed by atoms with Gasteiger partial charge in [-0.3, -0.25) is 5.10 Å².